The minimum Gasteiger partial charge on any atom is -0.310 e. The standard InChI is InChI=1S/C78H52N6S/c1-3-23-63(24-4-1)85(64-25-5-2-6-26-64)75-34-14-7-27-65(75)66-47-70-74(48-76(66)85)84(73-33-13-10-30-69(73)78(70,59-21-17-41-81-51-59)60-22-18-42-82-52-60)62-38-36-54-43-55-45-61(37-35-53(55)44-56(54)46-62)83-71-31-11-8-28-67(71)77(57-19-15-39-79-49-57,58-20-16-40-80-50-58)68-29-9-12-32-72(68)83/h1-52H. The van der Waals surface area contributed by atoms with E-state index in [-0.39, 0.29) is 0 Å². The van der Waals surface area contributed by atoms with Crippen LogP contribution in [0.5, 0.6) is 0 Å². The van der Waals surface area contributed by atoms with Gasteiger partial charge < -0.3 is 9.80 Å². The molecule has 400 valence electrons. The molecule has 0 saturated heterocycles. The lowest BCUT2D eigenvalue weighted by Crippen LogP contribution is -2.38. The van der Waals surface area contributed by atoms with Gasteiger partial charge in [0.05, 0.1) is 33.6 Å². The zero-order chi connectivity index (χ0) is 56.1. The zero-order valence-electron chi connectivity index (χ0n) is 46.1. The van der Waals surface area contributed by atoms with E-state index >= 15 is 0 Å². The minimum atomic E-state index is -2.02. The fraction of sp³-hybridized carbons (Fsp3) is 0.0256. The number of hydrogen-bond donors (Lipinski definition) is 0. The molecule has 0 aliphatic carbocycles. The summed E-state index contributed by atoms with van der Waals surface area (Å²) in [6, 6.07) is 99.2. The van der Waals surface area contributed by atoms with Crippen LogP contribution in [0, 0.1) is 0 Å². The molecule has 17 rings (SSSR count). The second-order valence-electron chi connectivity index (χ2n) is 22.2. The predicted octanol–water partition coefficient (Wildman–Crippen LogP) is 19.2. The SMILES string of the molecule is c1ccc(S2(c3ccccc3)c3ccccc3-c3cc4c(cc32)N(c2ccc3cc5cc(N6c7ccccc7C(c7cccnc7)(c7cccnc7)c7ccccc76)ccc5cc3c2)c2ccccc2C4(c2cccnc2)c2cccnc2)cc1. The summed E-state index contributed by atoms with van der Waals surface area (Å²) in [6.07, 6.45) is 15.6. The fourth-order valence-electron chi connectivity index (χ4n) is 14.7. The van der Waals surface area contributed by atoms with Crippen LogP contribution in [0.2, 0.25) is 0 Å². The molecule has 10 aromatic carbocycles. The van der Waals surface area contributed by atoms with Crippen molar-refractivity contribution in [3.63, 3.8) is 0 Å². The van der Waals surface area contributed by atoms with Gasteiger partial charge in [-0.1, -0.05) is 146 Å². The molecule has 0 spiro atoms. The molecule has 0 fully saturated rings. The van der Waals surface area contributed by atoms with Gasteiger partial charge in [-0.2, -0.15) is 0 Å². The van der Waals surface area contributed by atoms with Crippen LogP contribution in [0.3, 0.4) is 0 Å². The maximum Gasteiger partial charge on any atom is 0.0772 e. The first-order valence-electron chi connectivity index (χ1n) is 28.9. The summed E-state index contributed by atoms with van der Waals surface area (Å²) in [7, 11) is -2.02. The van der Waals surface area contributed by atoms with Gasteiger partial charge in [0.2, 0.25) is 0 Å². The number of para-hydroxylation sites is 3. The Kier molecular flexibility index (Phi) is 11.0. The average Bonchev–Trinajstić information content (AvgIpc) is 1.84. The lowest BCUT2D eigenvalue weighted by atomic mass is 9.62. The number of fused-ring (bicyclic) bond motifs is 9. The molecule has 0 atom stereocenters. The molecule has 4 aromatic heterocycles. The fourth-order valence-corrected chi connectivity index (χ4v) is 18.9. The van der Waals surface area contributed by atoms with Crippen molar-refractivity contribution in [2.24, 2.45) is 0 Å². The van der Waals surface area contributed by atoms with E-state index in [1.807, 2.05) is 49.3 Å². The van der Waals surface area contributed by atoms with Gasteiger partial charge in [0, 0.05) is 80.5 Å². The first-order valence-corrected chi connectivity index (χ1v) is 30.5. The van der Waals surface area contributed by atoms with E-state index in [0.29, 0.717) is 0 Å². The van der Waals surface area contributed by atoms with Crippen molar-refractivity contribution in [3.8, 4) is 11.1 Å². The summed E-state index contributed by atoms with van der Waals surface area (Å²) in [5, 5.41) is 4.63. The maximum atomic E-state index is 4.87. The van der Waals surface area contributed by atoms with Crippen molar-refractivity contribution in [2.45, 2.75) is 30.4 Å². The second kappa shape index (κ2) is 19.2. The van der Waals surface area contributed by atoms with Crippen LogP contribution in [0.25, 0.3) is 32.7 Å². The summed E-state index contributed by atoms with van der Waals surface area (Å²) in [5.74, 6) is 0. The molecular weight excluding hydrogens is 1050 g/mol. The van der Waals surface area contributed by atoms with Crippen LogP contribution in [0.4, 0.5) is 34.1 Å². The van der Waals surface area contributed by atoms with E-state index in [4.69, 9.17) is 19.9 Å². The maximum absolute atomic E-state index is 4.87. The van der Waals surface area contributed by atoms with Gasteiger partial charge in [-0.3, -0.25) is 19.9 Å². The molecule has 0 bridgehead atoms. The van der Waals surface area contributed by atoms with E-state index in [2.05, 4.69) is 277 Å². The third-order valence-electron chi connectivity index (χ3n) is 18.1. The van der Waals surface area contributed by atoms with Gasteiger partial charge >= 0.3 is 0 Å². The van der Waals surface area contributed by atoms with Crippen LogP contribution >= 0.6 is 10.0 Å². The molecular formula is C78H52N6S. The molecule has 3 aliphatic heterocycles. The first kappa shape index (κ1) is 48.9. The lowest BCUT2D eigenvalue weighted by Gasteiger charge is -2.47. The number of benzene rings is 10. The summed E-state index contributed by atoms with van der Waals surface area (Å²) < 4.78 is 0. The van der Waals surface area contributed by atoms with Crippen LogP contribution in [-0.2, 0) is 10.8 Å². The monoisotopic (exact) mass is 1100 g/mol. The molecule has 0 amide bonds. The van der Waals surface area contributed by atoms with Crippen molar-refractivity contribution in [1.29, 1.82) is 0 Å². The van der Waals surface area contributed by atoms with Gasteiger partial charge in [-0.25, -0.2) is 0 Å². The molecule has 0 radical (unpaired) electrons. The Bertz CT molecular complexity index is 4740. The van der Waals surface area contributed by atoms with Gasteiger partial charge in [0.25, 0.3) is 0 Å². The van der Waals surface area contributed by atoms with E-state index in [0.717, 1.165) is 83.5 Å². The van der Waals surface area contributed by atoms with E-state index in [1.165, 1.54) is 47.4 Å². The number of anilines is 6. The number of hydrogen-bond acceptors (Lipinski definition) is 6. The van der Waals surface area contributed by atoms with Crippen molar-refractivity contribution in [3.05, 3.63) is 361 Å². The molecule has 0 saturated carbocycles. The lowest BCUT2D eigenvalue weighted by molar-refractivity contribution is 0.721. The van der Waals surface area contributed by atoms with E-state index in [1.54, 1.807) is 0 Å². The largest absolute Gasteiger partial charge is 0.310 e. The molecule has 0 N–H and O–H groups in total. The highest BCUT2D eigenvalue weighted by Gasteiger charge is 2.51. The van der Waals surface area contributed by atoms with Crippen molar-refractivity contribution >= 4 is 65.7 Å². The number of pyridine rings is 4. The van der Waals surface area contributed by atoms with Crippen LogP contribution < -0.4 is 9.80 Å². The molecule has 7 heterocycles. The van der Waals surface area contributed by atoms with Gasteiger partial charge in [-0.15, -0.1) is 10.0 Å². The second-order valence-corrected chi connectivity index (χ2v) is 25.3. The zero-order valence-corrected chi connectivity index (χ0v) is 46.9. The highest BCUT2D eigenvalue weighted by molar-refractivity contribution is 8.34. The molecule has 85 heavy (non-hydrogen) atoms. The molecule has 14 aromatic rings. The normalized spacial score (nSPS) is 15.0. The summed E-state index contributed by atoms with van der Waals surface area (Å²) in [5.41, 5.74) is 16.6. The third kappa shape index (κ3) is 6.96. The average molecular weight is 1110 g/mol. The predicted molar refractivity (Wildman–Crippen MR) is 345 cm³/mol. The van der Waals surface area contributed by atoms with Gasteiger partial charge in [0.1, 0.15) is 0 Å². The van der Waals surface area contributed by atoms with Gasteiger partial charge in [-0.05, 0) is 199 Å². The van der Waals surface area contributed by atoms with E-state index < -0.39 is 20.9 Å². The Hall–Kier alpha value is -10.7. The highest BCUT2D eigenvalue weighted by atomic mass is 32.3. The van der Waals surface area contributed by atoms with Crippen LogP contribution in [0.1, 0.15) is 44.5 Å². The van der Waals surface area contributed by atoms with Gasteiger partial charge in [0.15, 0.2) is 0 Å². The van der Waals surface area contributed by atoms with E-state index in [9.17, 15) is 0 Å². The molecule has 6 nitrogen and oxygen atoms in total. The molecule has 0 unspecified atom stereocenters. The topological polar surface area (TPSA) is 58.0 Å². The molecule has 3 aliphatic rings. The summed E-state index contributed by atoms with van der Waals surface area (Å²) >= 11 is 0. The van der Waals surface area contributed by atoms with Crippen LogP contribution in [-0.4, -0.2) is 19.9 Å². The van der Waals surface area contributed by atoms with Crippen molar-refractivity contribution in [2.75, 3.05) is 9.80 Å². The Morgan fingerprint density at radius 2 is 0.671 bits per heavy atom. The number of aromatic nitrogens is 4. The van der Waals surface area contributed by atoms with Crippen molar-refractivity contribution in [1.82, 2.24) is 19.9 Å². The Morgan fingerprint density at radius 3 is 1.12 bits per heavy atom. The van der Waals surface area contributed by atoms with Crippen molar-refractivity contribution < 1.29 is 0 Å². The number of nitrogens with zero attached hydrogens (tertiary/aromatic N) is 6. The smallest absolute Gasteiger partial charge is 0.0772 e. The first-order chi connectivity index (χ1) is 42.2. The molecule has 7 heteroatoms. The third-order valence-corrected chi connectivity index (χ3v) is 22.0. The Balaban J connectivity index is 0.873. The minimum absolute atomic E-state index is 0.662. The Morgan fingerprint density at radius 1 is 0.271 bits per heavy atom. The highest BCUT2D eigenvalue weighted by Crippen LogP contribution is 2.81. The summed E-state index contributed by atoms with van der Waals surface area (Å²) in [6.45, 7) is 0. The quantitative estimate of drug-likeness (QED) is 0.141. The van der Waals surface area contributed by atoms with Crippen LogP contribution in [0.15, 0.2) is 336 Å². The number of rotatable bonds is 8. The summed E-state index contributed by atoms with van der Waals surface area (Å²) in [4.78, 5) is 29.4. The Labute approximate surface area is 495 Å².